The number of carbonyl (C=O) groups is 1. The molecular weight excluding hydrogens is 176 g/mol. The van der Waals surface area contributed by atoms with Crippen LogP contribution in [0.3, 0.4) is 0 Å². The second-order valence-corrected chi connectivity index (χ2v) is 3.85. The summed E-state index contributed by atoms with van der Waals surface area (Å²) >= 11 is 0. The van der Waals surface area contributed by atoms with Crippen LogP contribution in [0.25, 0.3) is 0 Å². The van der Waals surface area contributed by atoms with Crippen LogP contribution in [0.4, 0.5) is 0 Å². The van der Waals surface area contributed by atoms with Crippen LogP contribution < -0.4 is 10.6 Å². The van der Waals surface area contributed by atoms with E-state index in [1.54, 1.807) is 0 Å². The summed E-state index contributed by atoms with van der Waals surface area (Å²) in [5.74, 6) is 0.764. The van der Waals surface area contributed by atoms with Gasteiger partial charge in [-0.3, -0.25) is 4.79 Å². The third kappa shape index (κ3) is 8.05. The minimum atomic E-state index is 0.113. The molecule has 0 fully saturated rings. The summed E-state index contributed by atoms with van der Waals surface area (Å²) in [4.78, 5) is 11.2. The molecule has 1 atom stereocenters. The van der Waals surface area contributed by atoms with Gasteiger partial charge in [0.05, 0.1) is 6.54 Å². The van der Waals surface area contributed by atoms with Gasteiger partial charge in [-0.2, -0.15) is 0 Å². The molecule has 1 amide bonds. The number of unbranched alkanes of at least 4 members (excludes halogenated alkanes) is 1. The predicted molar refractivity (Wildman–Crippen MR) is 60.2 cm³/mol. The molecule has 3 nitrogen and oxygen atoms in total. The molecule has 2 N–H and O–H groups in total. The summed E-state index contributed by atoms with van der Waals surface area (Å²) in [6.45, 7) is 8.65. The van der Waals surface area contributed by atoms with Gasteiger partial charge in [-0.25, -0.2) is 0 Å². The number of hydrogen-bond acceptors (Lipinski definition) is 2. The second kappa shape index (κ2) is 9.00. The second-order valence-electron chi connectivity index (χ2n) is 3.85. The highest BCUT2D eigenvalue weighted by Gasteiger charge is 2.01. The van der Waals surface area contributed by atoms with Crippen LogP contribution in [0.1, 0.15) is 40.0 Å². The van der Waals surface area contributed by atoms with E-state index in [0.29, 0.717) is 12.5 Å². The van der Waals surface area contributed by atoms with Crippen molar-refractivity contribution >= 4 is 5.91 Å². The van der Waals surface area contributed by atoms with Crippen molar-refractivity contribution in [1.82, 2.24) is 10.6 Å². The Kier molecular flexibility index (Phi) is 8.64. The van der Waals surface area contributed by atoms with Crippen LogP contribution in [0, 0.1) is 5.92 Å². The molecule has 0 aliphatic heterocycles. The summed E-state index contributed by atoms with van der Waals surface area (Å²) in [6.07, 6.45) is 3.35. The fourth-order valence-electron chi connectivity index (χ4n) is 1.04. The number of rotatable bonds is 8. The Hall–Kier alpha value is -0.570. The molecule has 0 saturated heterocycles. The van der Waals surface area contributed by atoms with E-state index in [1.165, 1.54) is 0 Å². The fourth-order valence-corrected chi connectivity index (χ4v) is 1.04. The largest absolute Gasteiger partial charge is 0.355 e. The molecule has 0 aliphatic carbocycles. The van der Waals surface area contributed by atoms with Gasteiger partial charge in [0.15, 0.2) is 0 Å². The first-order valence-electron chi connectivity index (χ1n) is 5.68. The molecule has 0 bridgehead atoms. The van der Waals surface area contributed by atoms with E-state index in [1.807, 2.05) is 0 Å². The zero-order valence-electron chi connectivity index (χ0n) is 9.73. The van der Waals surface area contributed by atoms with Gasteiger partial charge in [-0.1, -0.05) is 33.6 Å². The van der Waals surface area contributed by atoms with Gasteiger partial charge in [-0.15, -0.1) is 0 Å². The van der Waals surface area contributed by atoms with Crippen LogP contribution in [-0.4, -0.2) is 25.5 Å². The van der Waals surface area contributed by atoms with Gasteiger partial charge in [0, 0.05) is 6.54 Å². The summed E-state index contributed by atoms with van der Waals surface area (Å²) < 4.78 is 0. The van der Waals surface area contributed by atoms with E-state index in [9.17, 15) is 4.79 Å². The smallest absolute Gasteiger partial charge is 0.233 e. The summed E-state index contributed by atoms with van der Waals surface area (Å²) in [5, 5.41) is 6.02. The Morgan fingerprint density at radius 3 is 2.64 bits per heavy atom. The van der Waals surface area contributed by atoms with Gasteiger partial charge < -0.3 is 10.6 Å². The summed E-state index contributed by atoms with van der Waals surface area (Å²) in [6, 6.07) is 0. The lowest BCUT2D eigenvalue weighted by Crippen LogP contribution is -2.35. The molecular formula is C11H24N2O. The fraction of sp³-hybridized carbons (Fsp3) is 0.909. The molecule has 0 aromatic rings. The van der Waals surface area contributed by atoms with Gasteiger partial charge in [0.1, 0.15) is 0 Å². The van der Waals surface area contributed by atoms with Crippen molar-refractivity contribution in [1.29, 1.82) is 0 Å². The standard InChI is InChI=1S/C11H24N2O/c1-4-6-7-13-11(14)9-12-8-10(3)5-2/h10,12H,4-9H2,1-3H3,(H,13,14). The number of hydrogen-bond donors (Lipinski definition) is 2. The average Bonchev–Trinajstić information content (AvgIpc) is 2.18. The van der Waals surface area contributed by atoms with Gasteiger partial charge in [0.2, 0.25) is 5.91 Å². The lowest BCUT2D eigenvalue weighted by Gasteiger charge is -2.09. The average molecular weight is 200 g/mol. The number of amides is 1. The molecule has 0 heterocycles. The van der Waals surface area contributed by atoms with Crippen molar-refractivity contribution in [3.63, 3.8) is 0 Å². The predicted octanol–water partition coefficient (Wildman–Crippen LogP) is 1.54. The SMILES string of the molecule is CCCCNC(=O)CNCC(C)CC. The third-order valence-electron chi connectivity index (χ3n) is 2.33. The van der Waals surface area contributed by atoms with Crippen molar-refractivity contribution in [2.24, 2.45) is 5.92 Å². The zero-order valence-corrected chi connectivity index (χ0v) is 9.73. The third-order valence-corrected chi connectivity index (χ3v) is 2.33. The number of carbonyl (C=O) groups excluding carboxylic acids is 1. The first-order valence-corrected chi connectivity index (χ1v) is 5.68. The molecule has 0 aromatic carbocycles. The Bertz CT molecular complexity index is 148. The molecule has 0 radical (unpaired) electrons. The Labute approximate surface area is 87.6 Å². The Morgan fingerprint density at radius 1 is 1.36 bits per heavy atom. The van der Waals surface area contributed by atoms with E-state index in [-0.39, 0.29) is 5.91 Å². The molecule has 0 spiro atoms. The Morgan fingerprint density at radius 2 is 2.07 bits per heavy atom. The maximum absolute atomic E-state index is 11.2. The molecule has 84 valence electrons. The van der Waals surface area contributed by atoms with Crippen LogP contribution >= 0.6 is 0 Å². The van der Waals surface area contributed by atoms with Crippen LogP contribution in [0.15, 0.2) is 0 Å². The first-order chi connectivity index (χ1) is 6.70. The molecule has 0 aliphatic rings. The number of nitrogens with one attached hydrogen (secondary N) is 2. The summed E-state index contributed by atoms with van der Waals surface area (Å²) in [5.41, 5.74) is 0. The summed E-state index contributed by atoms with van der Waals surface area (Å²) in [7, 11) is 0. The van der Waals surface area contributed by atoms with Gasteiger partial charge in [0.25, 0.3) is 0 Å². The van der Waals surface area contributed by atoms with E-state index in [4.69, 9.17) is 0 Å². The highest BCUT2D eigenvalue weighted by molar-refractivity contribution is 5.77. The van der Waals surface area contributed by atoms with E-state index >= 15 is 0 Å². The van der Waals surface area contributed by atoms with Crippen molar-refractivity contribution in [3.8, 4) is 0 Å². The molecule has 1 unspecified atom stereocenters. The highest BCUT2D eigenvalue weighted by atomic mass is 16.1. The minimum Gasteiger partial charge on any atom is -0.355 e. The van der Waals surface area contributed by atoms with Crippen molar-refractivity contribution in [3.05, 3.63) is 0 Å². The van der Waals surface area contributed by atoms with Gasteiger partial charge >= 0.3 is 0 Å². The van der Waals surface area contributed by atoms with Crippen molar-refractivity contribution < 1.29 is 4.79 Å². The molecule has 14 heavy (non-hydrogen) atoms. The van der Waals surface area contributed by atoms with Crippen LogP contribution in [0.5, 0.6) is 0 Å². The quantitative estimate of drug-likeness (QED) is 0.584. The van der Waals surface area contributed by atoms with Crippen molar-refractivity contribution in [2.75, 3.05) is 19.6 Å². The lowest BCUT2D eigenvalue weighted by molar-refractivity contribution is -0.120. The zero-order chi connectivity index (χ0) is 10.8. The molecule has 3 heteroatoms. The molecule has 0 saturated carbocycles. The van der Waals surface area contributed by atoms with Crippen molar-refractivity contribution in [2.45, 2.75) is 40.0 Å². The highest BCUT2D eigenvalue weighted by Crippen LogP contribution is 1.96. The lowest BCUT2D eigenvalue weighted by atomic mass is 10.1. The van der Waals surface area contributed by atoms with E-state index in [2.05, 4.69) is 31.4 Å². The van der Waals surface area contributed by atoms with Crippen LogP contribution in [-0.2, 0) is 4.79 Å². The first kappa shape index (κ1) is 13.4. The molecule has 0 rings (SSSR count). The maximum Gasteiger partial charge on any atom is 0.233 e. The van der Waals surface area contributed by atoms with Crippen LogP contribution in [0.2, 0.25) is 0 Å². The maximum atomic E-state index is 11.2. The van der Waals surface area contributed by atoms with Gasteiger partial charge in [-0.05, 0) is 18.9 Å². The topological polar surface area (TPSA) is 41.1 Å². The normalized spacial score (nSPS) is 12.5. The van der Waals surface area contributed by atoms with E-state index in [0.717, 1.165) is 32.4 Å². The minimum absolute atomic E-state index is 0.113. The monoisotopic (exact) mass is 200 g/mol. The molecule has 0 aromatic heterocycles. The van der Waals surface area contributed by atoms with E-state index < -0.39 is 0 Å². The Balaban J connectivity index is 3.26.